The van der Waals surface area contributed by atoms with E-state index >= 15 is 0 Å². The smallest absolute Gasteiger partial charge is 0.251 e. The zero-order chi connectivity index (χ0) is 25.6. The van der Waals surface area contributed by atoms with Gasteiger partial charge in [0.1, 0.15) is 5.54 Å². The lowest BCUT2D eigenvalue weighted by atomic mass is 9.77. The number of aryl methyl sites for hydroxylation is 3. The Labute approximate surface area is 219 Å². The maximum Gasteiger partial charge on any atom is 0.251 e. The summed E-state index contributed by atoms with van der Waals surface area (Å²) in [6.45, 7) is 2.09. The first-order valence-corrected chi connectivity index (χ1v) is 12.4. The van der Waals surface area contributed by atoms with Gasteiger partial charge in [0.15, 0.2) is 0 Å². The molecule has 0 aliphatic heterocycles. The molecular weight excluding hydrogens is 491 g/mol. The zero-order valence-corrected chi connectivity index (χ0v) is 21.8. The molecule has 0 saturated carbocycles. The van der Waals surface area contributed by atoms with Gasteiger partial charge in [0.05, 0.1) is 23.7 Å². The number of nitrogens with zero attached hydrogens (tertiary/aromatic N) is 3. The summed E-state index contributed by atoms with van der Waals surface area (Å²) < 4.78 is 3.59. The molecule has 0 saturated heterocycles. The van der Waals surface area contributed by atoms with E-state index in [9.17, 15) is 4.79 Å². The lowest BCUT2D eigenvalue weighted by Crippen LogP contribution is -2.41. The monoisotopic (exact) mass is 516 g/mol. The molecule has 0 bridgehead atoms. The quantitative estimate of drug-likeness (QED) is 0.308. The van der Waals surface area contributed by atoms with Crippen LogP contribution in [-0.4, -0.2) is 14.1 Å². The number of benzene rings is 3. The molecule has 2 heterocycles. The average molecular weight is 517 g/mol. The number of rotatable bonds is 5. The van der Waals surface area contributed by atoms with Crippen LogP contribution in [0.4, 0.5) is 0 Å². The highest BCUT2D eigenvalue weighted by atomic mass is 35.5. The summed E-state index contributed by atoms with van der Waals surface area (Å²) in [4.78, 5) is 17.2. The van der Waals surface area contributed by atoms with E-state index < -0.39 is 5.54 Å². The van der Waals surface area contributed by atoms with Crippen molar-refractivity contribution < 1.29 is 0 Å². The second-order valence-electron chi connectivity index (χ2n) is 9.05. The molecule has 0 unspecified atom stereocenters. The number of hydrogen-bond donors (Lipinski definition) is 1. The molecule has 7 heteroatoms. The zero-order valence-electron chi connectivity index (χ0n) is 20.3. The van der Waals surface area contributed by atoms with E-state index in [-0.39, 0.29) is 5.56 Å². The molecule has 2 aromatic heterocycles. The van der Waals surface area contributed by atoms with Crippen molar-refractivity contribution in [2.24, 2.45) is 19.8 Å². The van der Waals surface area contributed by atoms with Crippen molar-refractivity contribution in [2.75, 3.05) is 0 Å². The Balaban J connectivity index is 1.87. The van der Waals surface area contributed by atoms with E-state index in [2.05, 4.69) is 18.0 Å². The van der Waals surface area contributed by atoms with Gasteiger partial charge in [-0.25, -0.2) is 4.98 Å². The summed E-state index contributed by atoms with van der Waals surface area (Å²) >= 11 is 12.7. The standard InChI is InChI=1S/C29H26Cl2N4O/c1-4-18-12-22(31)9-10-25(18)29(32,27-16-33-17-34(27)2)20-8-11-26-24(14-20)23(15-28(36)35(26)3)19-6-5-7-21(30)13-19/h5-17H,4,32H2,1-3H3/t29-/m0/s1. The van der Waals surface area contributed by atoms with Gasteiger partial charge in [-0.3, -0.25) is 4.79 Å². The van der Waals surface area contributed by atoms with Crippen LogP contribution < -0.4 is 11.3 Å². The number of fused-ring (bicyclic) bond motifs is 1. The fourth-order valence-electron chi connectivity index (χ4n) is 5.02. The van der Waals surface area contributed by atoms with Gasteiger partial charge in [-0.1, -0.05) is 54.4 Å². The molecule has 2 N–H and O–H groups in total. The molecule has 0 aliphatic rings. The van der Waals surface area contributed by atoms with Crippen molar-refractivity contribution in [3.05, 3.63) is 122 Å². The molecule has 36 heavy (non-hydrogen) atoms. The number of aromatic nitrogens is 3. The third kappa shape index (κ3) is 3.94. The number of nitrogens with two attached hydrogens (primary N) is 1. The van der Waals surface area contributed by atoms with Crippen LogP contribution in [0.3, 0.4) is 0 Å². The van der Waals surface area contributed by atoms with Gasteiger partial charge in [0.25, 0.3) is 5.56 Å². The van der Waals surface area contributed by atoms with Crippen LogP contribution in [0, 0.1) is 0 Å². The molecule has 0 fully saturated rings. The second kappa shape index (κ2) is 9.25. The second-order valence-corrected chi connectivity index (χ2v) is 9.92. The van der Waals surface area contributed by atoms with E-state index in [1.165, 1.54) is 0 Å². The third-order valence-electron chi connectivity index (χ3n) is 6.93. The van der Waals surface area contributed by atoms with E-state index in [0.717, 1.165) is 50.8 Å². The highest BCUT2D eigenvalue weighted by Crippen LogP contribution is 2.39. The van der Waals surface area contributed by atoms with Crippen molar-refractivity contribution in [1.29, 1.82) is 0 Å². The van der Waals surface area contributed by atoms with Gasteiger partial charge in [-0.15, -0.1) is 0 Å². The van der Waals surface area contributed by atoms with Crippen molar-refractivity contribution in [1.82, 2.24) is 14.1 Å². The summed E-state index contributed by atoms with van der Waals surface area (Å²) in [6.07, 6.45) is 4.32. The molecule has 0 spiro atoms. The molecule has 3 aromatic carbocycles. The van der Waals surface area contributed by atoms with Crippen LogP contribution >= 0.6 is 23.2 Å². The van der Waals surface area contributed by atoms with Crippen molar-refractivity contribution in [2.45, 2.75) is 18.9 Å². The molecule has 0 aliphatic carbocycles. The fourth-order valence-corrected chi connectivity index (χ4v) is 5.40. The van der Waals surface area contributed by atoms with Gasteiger partial charge in [-0.05, 0) is 70.6 Å². The molecule has 182 valence electrons. The lowest BCUT2D eigenvalue weighted by Gasteiger charge is -2.33. The Morgan fingerprint density at radius 1 is 0.972 bits per heavy atom. The predicted molar refractivity (Wildman–Crippen MR) is 148 cm³/mol. The molecule has 0 amide bonds. The number of halogens is 2. The summed E-state index contributed by atoms with van der Waals surface area (Å²) in [5.74, 6) is 0. The molecule has 5 aromatic rings. The van der Waals surface area contributed by atoms with Crippen LogP contribution in [0.1, 0.15) is 29.3 Å². The minimum Gasteiger partial charge on any atom is -0.336 e. The van der Waals surface area contributed by atoms with E-state index in [1.54, 1.807) is 30.2 Å². The highest BCUT2D eigenvalue weighted by Gasteiger charge is 2.36. The molecule has 5 rings (SSSR count). The number of imidazole rings is 1. The molecule has 5 nitrogen and oxygen atoms in total. The van der Waals surface area contributed by atoms with Crippen LogP contribution in [0.5, 0.6) is 0 Å². The minimum absolute atomic E-state index is 0.0955. The van der Waals surface area contributed by atoms with Crippen molar-refractivity contribution in [3.63, 3.8) is 0 Å². The van der Waals surface area contributed by atoms with Crippen LogP contribution in [0.25, 0.3) is 22.0 Å². The molecule has 1 atom stereocenters. The van der Waals surface area contributed by atoms with Gasteiger partial charge >= 0.3 is 0 Å². The first-order valence-electron chi connectivity index (χ1n) is 11.7. The van der Waals surface area contributed by atoms with Crippen LogP contribution in [0.15, 0.2) is 84.0 Å². The fraction of sp³-hybridized carbons (Fsp3) is 0.172. The third-order valence-corrected chi connectivity index (χ3v) is 7.40. The normalized spacial score (nSPS) is 13.2. The highest BCUT2D eigenvalue weighted by molar-refractivity contribution is 6.31. The van der Waals surface area contributed by atoms with E-state index in [0.29, 0.717) is 10.0 Å². The Kier molecular flexibility index (Phi) is 6.25. The van der Waals surface area contributed by atoms with E-state index in [1.807, 2.05) is 66.2 Å². The maximum absolute atomic E-state index is 12.8. The first-order chi connectivity index (χ1) is 17.2. The van der Waals surface area contributed by atoms with Gasteiger partial charge < -0.3 is 14.9 Å². The Morgan fingerprint density at radius 3 is 2.44 bits per heavy atom. The summed E-state index contributed by atoms with van der Waals surface area (Å²) in [5, 5.41) is 2.18. The van der Waals surface area contributed by atoms with Crippen molar-refractivity contribution in [3.8, 4) is 11.1 Å². The lowest BCUT2D eigenvalue weighted by molar-refractivity contribution is 0.591. The maximum atomic E-state index is 12.8. The Bertz CT molecular complexity index is 1670. The topological polar surface area (TPSA) is 65.8 Å². The molecular formula is C29H26Cl2N4O. The molecule has 0 radical (unpaired) electrons. The summed E-state index contributed by atoms with van der Waals surface area (Å²) in [5.41, 5.74) is 12.5. The number of pyridine rings is 1. The van der Waals surface area contributed by atoms with Crippen molar-refractivity contribution >= 4 is 34.1 Å². The number of hydrogen-bond acceptors (Lipinski definition) is 3. The predicted octanol–water partition coefficient (Wildman–Crippen LogP) is 6.06. The summed E-state index contributed by atoms with van der Waals surface area (Å²) in [6, 6.07) is 21.0. The Morgan fingerprint density at radius 2 is 1.75 bits per heavy atom. The Hall–Kier alpha value is -3.38. The minimum atomic E-state index is -1.02. The largest absolute Gasteiger partial charge is 0.336 e. The SMILES string of the molecule is CCc1cc(Cl)ccc1[C@@](N)(c1ccc2c(c1)c(-c1cccc(Cl)c1)cc(=O)n2C)c1cncn1C. The summed E-state index contributed by atoms with van der Waals surface area (Å²) in [7, 11) is 3.71. The van der Waals surface area contributed by atoms with Crippen LogP contribution in [0.2, 0.25) is 10.0 Å². The van der Waals surface area contributed by atoms with Gasteiger partial charge in [-0.2, -0.15) is 0 Å². The van der Waals surface area contributed by atoms with Crippen LogP contribution in [-0.2, 0) is 26.1 Å². The first kappa shape index (κ1) is 24.3. The van der Waals surface area contributed by atoms with Gasteiger partial charge in [0, 0.05) is 35.6 Å². The average Bonchev–Trinajstić information content (AvgIpc) is 3.31. The van der Waals surface area contributed by atoms with E-state index in [4.69, 9.17) is 28.9 Å². The van der Waals surface area contributed by atoms with Gasteiger partial charge in [0.2, 0.25) is 0 Å².